The molecule has 0 saturated heterocycles. The van der Waals surface area contributed by atoms with Crippen molar-refractivity contribution in [2.75, 3.05) is 13.7 Å². The standard InChI is InChI=1S/C10H16N2O2/c1-14-10(5-3-2-4-6-10)9-11-7-8(13)12-9/h2-7H2,1H3,(H,11,12,13). The van der Waals surface area contributed by atoms with Crippen molar-refractivity contribution in [1.82, 2.24) is 5.32 Å². The summed E-state index contributed by atoms with van der Waals surface area (Å²) in [4.78, 5) is 15.3. The number of methoxy groups -OCH3 is 1. The molecule has 4 nitrogen and oxygen atoms in total. The van der Waals surface area contributed by atoms with Crippen molar-refractivity contribution >= 4 is 11.7 Å². The van der Waals surface area contributed by atoms with Crippen LogP contribution in [0.2, 0.25) is 0 Å². The van der Waals surface area contributed by atoms with Crippen LogP contribution in [0.1, 0.15) is 32.1 Å². The summed E-state index contributed by atoms with van der Waals surface area (Å²) in [6.07, 6.45) is 5.52. The topological polar surface area (TPSA) is 50.7 Å². The van der Waals surface area contributed by atoms with E-state index in [1.165, 1.54) is 6.42 Å². The monoisotopic (exact) mass is 196 g/mol. The maximum atomic E-state index is 11.1. The summed E-state index contributed by atoms with van der Waals surface area (Å²) in [6.45, 7) is 0.264. The summed E-state index contributed by atoms with van der Waals surface area (Å²) in [7, 11) is 1.71. The SMILES string of the molecule is COC1(C2=NCC(=O)N2)CCCCC1. The molecule has 1 amide bonds. The van der Waals surface area contributed by atoms with Gasteiger partial charge in [-0.3, -0.25) is 9.79 Å². The number of nitrogens with zero attached hydrogens (tertiary/aromatic N) is 1. The molecular formula is C10H16N2O2. The molecule has 1 aliphatic carbocycles. The molecule has 1 aliphatic heterocycles. The number of nitrogens with one attached hydrogen (secondary N) is 1. The molecule has 0 unspecified atom stereocenters. The third-order valence-electron chi connectivity index (χ3n) is 3.12. The predicted octanol–water partition coefficient (Wildman–Crippen LogP) is 0.864. The van der Waals surface area contributed by atoms with Crippen LogP contribution in [-0.4, -0.2) is 31.0 Å². The zero-order valence-corrected chi connectivity index (χ0v) is 8.51. The van der Waals surface area contributed by atoms with E-state index in [0.717, 1.165) is 31.5 Å². The van der Waals surface area contributed by atoms with Gasteiger partial charge in [-0.05, 0) is 12.8 Å². The van der Waals surface area contributed by atoms with Crippen LogP contribution in [-0.2, 0) is 9.53 Å². The van der Waals surface area contributed by atoms with Crippen molar-refractivity contribution in [1.29, 1.82) is 0 Å². The Bertz CT molecular complexity index is 267. The van der Waals surface area contributed by atoms with E-state index in [4.69, 9.17) is 4.74 Å². The molecule has 2 aliphatic rings. The number of amides is 1. The van der Waals surface area contributed by atoms with Gasteiger partial charge in [0.05, 0.1) is 0 Å². The first kappa shape index (κ1) is 9.65. The van der Waals surface area contributed by atoms with Crippen LogP contribution in [0.5, 0.6) is 0 Å². The smallest absolute Gasteiger partial charge is 0.247 e. The lowest BCUT2D eigenvalue weighted by Crippen LogP contribution is -2.48. The van der Waals surface area contributed by atoms with Gasteiger partial charge in [-0.2, -0.15) is 0 Å². The average Bonchev–Trinajstić information content (AvgIpc) is 2.66. The van der Waals surface area contributed by atoms with E-state index < -0.39 is 0 Å². The lowest BCUT2D eigenvalue weighted by atomic mass is 9.83. The Balaban J connectivity index is 2.14. The van der Waals surface area contributed by atoms with Crippen LogP contribution in [0.4, 0.5) is 0 Å². The van der Waals surface area contributed by atoms with E-state index in [1.807, 2.05) is 0 Å². The Morgan fingerprint density at radius 1 is 1.36 bits per heavy atom. The number of ether oxygens (including phenoxy) is 1. The quantitative estimate of drug-likeness (QED) is 0.712. The lowest BCUT2D eigenvalue weighted by molar-refractivity contribution is -0.117. The predicted molar refractivity (Wildman–Crippen MR) is 53.3 cm³/mol. The van der Waals surface area contributed by atoms with Crippen molar-refractivity contribution in [2.45, 2.75) is 37.7 Å². The van der Waals surface area contributed by atoms with Gasteiger partial charge in [0, 0.05) is 7.11 Å². The zero-order chi connectivity index (χ0) is 10.0. The molecule has 0 bridgehead atoms. The molecule has 0 spiro atoms. The molecule has 14 heavy (non-hydrogen) atoms. The number of amidine groups is 1. The first-order chi connectivity index (χ1) is 6.77. The Labute approximate surface area is 83.7 Å². The van der Waals surface area contributed by atoms with Gasteiger partial charge in [-0.1, -0.05) is 19.3 Å². The number of rotatable bonds is 2. The number of hydrogen-bond donors (Lipinski definition) is 1. The van der Waals surface area contributed by atoms with Crippen molar-refractivity contribution in [2.24, 2.45) is 4.99 Å². The van der Waals surface area contributed by atoms with E-state index in [0.29, 0.717) is 0 Å². The van der Waals surface area contributed by atoms with Gasteiger partial charge in [0.25, 0.3) is 0 Å². The lowest BCUT2D eigenvalue weighted by Gasteiger charge is -2.35. The molecule has 1 saturated carbocycles. The molecule has 2 rings (SSSR count). The van der Waals surface area contributed by atoms with Gasteiger partial charge in [0.2, 0.25) is 5.91 Å². The zero-order valence-electron chi connectivity index (χ0n) is 8.51. The molecular weight excluding hydrogens is 180 g/mol. The van der Waals surface area contributed by atoms with Gasteiger partial charge in [0.1, 0.15) is 18.0 Å². The number of carbonyl (C=O) groups excluding carboxylic acids is 1. The van der Waals surface area contributed by atoms with Crippen molar-refractivity contribution < 1.29 is 9.53 Å². The van der Waals surface area contributed by atoms with Crippen molar-refractivity contribution in [3.05, 3.63) is 0 Å². The third kappa shape index (κ3) is 1.54. The minimum atomic E-state index is -0.301. The second-order valence-electron chi connectivity index (χ2n) is 3.97. The van der Waals surface area contributed by atoms with E-state index in [2.05, 4.69) is 10.3 Å². The summed E-state index contributed by atoms with van der Waals surface area (Å²) >= 11 is 0. The summed E-state index contributed by atoms with van der Waals surface area (Å²) in [5.74, 6) is 0.742. The second kappa shape index (κ2) is 3.69. The first-order valence-corrected chi connectivity index (χ1v) is 5.17. The minimum Gasteiger partial charge on any atom is -0.370 e. The third-order valence-corrected chi connectivity index (χ3v) is 3.12. The summed E-state index contributed by atoms with van der Waals surface area (Å²) in [6, 6.07) is 0. The normalized spacial score (nSPS) is 25.8. The van der Waals surface area contributed by atoms with Crippen molar-refractivity contribution in [3.63, 3.8) is 0 Å². The summed E-state index contributed by atoms with van der Waals surface area (Å²) < 4.78 is 5.57. The number of carbonyl (C=O) groups is 1. The minimum absolute atomic E-state index is 0.0120. The molecule has 1 heterocycles. The second-order valence-corrected chi connectivity index (χ2v) is 3.97. The van der Waals surface area contributed by atoms with Crippen LogP contribution >= 0.6 is 0 Å². The van der Waals surface area contributed by atoms with Crippen LogP contribution < -0.4 is 5.32 Å². The molecule has 0 atom stereocenters. The average molecular weight is 196 g/mol. The van der Waals surface area contributed by atoms with E-state index in [-0.39, 0.29) is 18.1 Å². The van der Waals surface area contributed by atoms with Crippen LogP contribution in [0.15, 0.2) is 4.99 Å². The highest BCUT2D eigenvalue weighted by Crippen LogP contribution is 2.32. The molecule has 0 aromatic heterocycles. The molecule has 1 N–H and O–H groups in total. The number of aliphatic imine (C=N–C) groups is 1. The van der Waals surface area contributed by atoms with Gasteiger partial charge in [-0.25, -0.2) is 0 Å². The van der Waals surface area contributed by atoms with Crippen LogP contribution in [0, 0.1) is 0 Å². The van der Waals surface area contributed by atoms with Crippen LogP contribution in [0.25, 0.3) is 0 Å². The van der Waals surface area contributed by atoms with Gasteiger partial charge in [0.15, 0.2) is 0 Å². The van der Waals surface area contributed by atoms with E-state index in [1.54, 1.807) is 7.11 Å². The molecule has 0 aromatic carbocycles. The fraction of sp³-hybridized carbons (Fsp3) is 0.800. The largest absolute Gasteiger partial charge is 0.370 e. The van der Waals surface area contributed by atoms with Gasteiger partial charge >= 0.3 is 0 Å². The molecule has 0 radical (unpaired) electrons. The maximum absolute atomic E-state index is 11.1. The summed E-state index contributed by atoms with van der Waals surface area (Å²) in [5.41, 5.74) is -0.301. The Morgan fingerprint density at radius 3 is 2.57 bits per heavy atom. The molecule has 0 aromatic rings. The van der Waals surface area contributed by atoms with Gasteiger partial charge < -0.3 is 10.1 Å². The highest BCUT2D eigenvalue weighted by atomic mass is 16.5. The Kier molecular flexibility index (Phi) is 2.54. The molecule has 78 valence electrons. The van der Waals surface area contributed by atoms with Crippen LogP contribution in [0.3, 0.4) is 0 Å². The van der Waals surface area contributed by atoms with E-state index in [9.17, 15) is 4.79 Å². The Hall–Kier alpha value is -0.900. The fourth-order valence-electron chi connectivity index (χ4n) is 2.28. The summed E-state index contributed by atoms with van der Waals surface area (Å²) in [5, 5.41) is 2.80. The molecule has 1 fully saturated rings. The highest BCUT2D eigenvalue weighted by Gasteiger charge is 2.39. The molecule has 4 heteroatoms. The van der Waals surface area contributed by atoms with Crippen molar-refractivity contribution in [3.8, 4) is 0 Å². The highest BCUT2D eigenvalue weighted by molar-refractivity contribution is 6.07. The fourth-order valence-corrected chi connectivity index (χ4v) is 2.28. The first-order valence-electron chi connectivity index (χ1n) is 5.17. The van der Waals surface area contributed by atoms with E-state index >= 15 is 0 Å². The van der Waals surface area contributed by atoms with Gasteiger partial charge in [-0.15, -0.1) is 0 Å². The number of hydrogen-bond acceptors (Lipinski definition) is 3. The Morgan fingerprint density at radius 2 is 2.07 bits per heavy atom. The maximum Gasteiger partial charge on any atom is 0.247 e.